The fourth-order valence-corrected chi connectivity index (χ4v) is 4.83. The molecule has 3 fully saturated rings. The van der Waals surface area contributed by atoms with Crippen molar-refractivity contribution in [2.75, 3.05) is 13.2 Å². The Balaban J connectivity index is 1.24. The molecule has 2 atom stereocenters. The first-order chi connectivity index (χ1) is 14.6. The first-order valence-electron chi connectivity index (χ1n) is 9.91. The molecular formula is C22H22Cl2F2N2O3. The highest BCUT2D eigenvalue weighted by molar-refractivity contribution is 6.31. The van der Waals surface area contributed by atoms with Crippen LogP contribution < -0.4 is 15.4 Å². The summed E-state index contributed by atoms with van der Waals surface area (Å²) in [7, 11) is 0. The molecule has 5 rings (SSSR count). The average molecular weight is 471 g/mol. The minimum atomic E-state index is -0.869. The highest BCUT2D eigenvalue weighted by Crippen LogP contribution is 2.64. The van der Waals surface area contributed by atoms with Crippen molar-refractivity contribution in [2.45, 2.75) is 36.9 Å². The molecule has 1 unspecified atom stereocenters. The number of nitrogens with one attached hydrogen (secondary N) is 2. The Bertz CT molecular complexity index is 1010. The van der Waals surface area contributed by atoms with Gasteiger partial charge >= 0.3 is 0 Å². The van der Waals surface area contributed by atoms with Gasteiger partial charge < -0.3 is 20.5 Å². The number of halogens is 4. The molecule has 2 aromatic rings. The lowest BCUT2D eigenvalue weighted by atomic mass is 9.37. The summed E-state index contributed by atoms with van der Waals surface area (Å²) in [5.41, 5.74) is -0.0254. The smallest absolute Gasteiger partial charge is 0.258 e. The van der Waals surface area contributed by atoms with Crippen LogP contribution in [0.2, 0.25) is 10.0 Å². The number of ether oxygens (including phenoxy) is 1. The van der Waals surface area contributed by atoms with Gasteiger partial charge in [0.2, 0.25) is 0 Å². The standard InChI is InChI=1S/C22H22Cl2F2N2O3/c1-12-21(27-8-19(29)13-2-4-15(23)17(25)6-13)10-22(12,11-21)28-20(30)9-31-14-3-5-16(24)18(26)7-14/h2-7,12,19,27,29H,8-11H2,1H3,(H,28,30)/t12-,19?,21?,22?/m0/s1. The summed E-state index contributed by atoms with van der Waals surface area (Å²) >= 11 is 11.3. The molecule has 3 aliphatic rings. The largest absolute Gasteiger partial charge is 0.484 e. The summed E-state index contributed by atoms with van der Waals surface area (Å²) in [6.45, 7) is 2.07. The van der Waals surface area contributed by atoms with Crippen LogP contribution in [0.3, 0.4) is 0 Å². The molecule has 3 saturated carbocycles. The number of aliphatic hydroxyl groups excluding tert-OH is 1. The van der Waals surface area contributed by atoms with Gasteiger partial charge in [-0.3, -0.25) is 4.79 Å². The molecule has 5 nitrogen and oxygen atoms in total. The maximum atomic E-state index is 13.6. The number of hydrogen-bond donors (Lipinski definition) is 3. The zero-order valence-electron chi connectivity index (χ0n) is 16.7. The predicted octanol–water partition coefficient (Wildman–Crippen LogP) is 4.01. The number of rotatable bonds is 8. The van der Waals surface area contributed by atoms with Crippen molar-refractivity contribution in [3.63, 3.8) is 0 Å². The predicted molar refractivity (Wildman–Crippen MR) is 113 cm³/mol. The molecule has 31 heavy (non-hydrogen) atoms. The van der Waals surface area contributed by atoms with E-state index in [2.05, 4.69) is 10.6 Å². The molecule has 1 amide bonds. The molecule has 166 valence electrons. The lowest BCUT2D eigenvalue weighted by Gasteiger charge is -2.76. The fraction of sp³-hybridized carbons (Fsp3) is 0.409. The summed E-state index contributed by atoms with van der Waals surface area (Å²) in [6.07, 6.45) is 0.584. The topological polar surface area (TPSA) is 70.6 Å². The fourth-order valence-electron chi connectivity index (χ4n) is 4.59. The number of amides is 1. The highest BCUT2D eigenvalue weighted by Gasteiger charge is 2.74. The van der Waals surface area contributed by atoms with Crippen molar-refractivity contribution in [3.8, 4) is 5.75 Å². The summed E-state index contributed by atoms with van der Waals surface area (Å²) in [4.78, 5) is 12.3. The van der Waals surface area contributed by atoms with Crippen LogP contribution in [0.25, 0.3) is 0 Å². The van der Waals surface area contributed by atoms with E-state index in [1.807, 2.05) is 6.92 Å². The van der Waals surface area contributed by atoms with E-state index in [-0.39, 0.29) is 51.8 Å². The van der Waals surface area contributed by atoms with Crippen molar-refractivity contribution in [2.24, 2.45) is 5.92 Å². The number of aliphatic hydroxyl groups is 1. The number of hydrogen-bond acceptors (Lipinski definition) is 4. The van der Waals surface area contributed by atoms with E-state index in [4.69, 9.17) is 27.9 Å². The van der Waals surface area contributed by atoms with Crippen LogP contribution >= 0.6 is 23.2 Å². The third kappa shape index (κ3) is 4.12. The van der Waals surface area contributed by atoms with Gasteiger partial charge in [-0.1, -0.05) is 36.2 Å². The van der Waals surface area contributed by atoms with Crippen molar-refractivity contribution in [3.05, 3.63) is 63.6 Å². The lowest BCUT2D eigenvalue weighted by Crippen LogP contribution is -2.89. The number of carbonyl (C=O) groups excluding carboxylic acids is 1. The Hall–Kier alpha value is -1.93. The van der Waals surface area contributed by atoms with Crippen LogP contribution in [0.5, 0.6) is 5.75 Å². The highest BCUT2D eigenvalue weighted by atomic mass is 35.5. The van der Waals surface area contributed by atoms with Gasteiger partial charge in [0.05, 0.1) is 16.1 Å². The molecule has 0 radical (unpaired) electrons. The molecular weight excluding hydrogens is 449 g/mol. The van der Waals surface area contributed by atoms with Gasteiger partial charge in [0, 0.05) is 23.7 Å². The molecule has 2 bridgehead atoms. The van der Waals surface area contributed by atoms with E-state index in [1.165, 1.54) is 24.3 Å². The van der Waals surface area contributed by atoms with E-state index >= 15 is 0 Å². The monoisotopic (exact) mass is 470 g/mol. The normalized spacial score (nSPS) is 27.1. The van der Waals surface area contributed by atoms with Gasteiger partial charge in [-0.05, 0) is 48.6 Å². The SMILES string of the molecule is C[C@H]1C2(NCC(O)c3ccc(Cl)c(F)c3)CC1(NC(=O)COc1ccc(Cl)c(F)c1)C2. The zero-order valence-corrected chi connectivity index (χ0v) is 18.2. The Morgan fingerprint density at radius 3 is 2.42 bits per heavy atom. The average Bonchev–Trinajstić information content (AvgIpc) is 2.72. The van der Waals surface area contributed by atoms with Crippen molar-refractivity contribution >= 4 is 29.1 Å². The Morgan fingerprint density at radius 1 is 1.16 bits per heavy atom. The third-order valence-corrected chi connectivity index (χ3v) is 7.16. The van der Waals surface area contributed by atoms with Crippen LogP contribution in [-0.2, 0) is 4.79 Å². The molecule has 0 aromatic heterocycles. The van der Waals surface area contributed by atoms with Gasteiger partial charge in [-0.15, -0.1) is 0 Å². The summed E-state index contributed by atoms with van der Waals surface area (Å²) in [6, 6.07) is 8.25. The van der Waals surface area contributed by atoms with E-state index in [9.17, 15) is 18.7 Å². The van der Waals surface area contributed by atoms with E-state index in [0.29, 0.717) is 5.56 Å². The summed E-state index contributed by atoms with van der Waals surface area (Å²) in [5, 5.41) is 16.7. The summed E-state index contributed by atoms with van der Waals surface area (Å²) < 4.78 is 32.4. The molecule has 9 heteroatoms. The van der Waals surface area contributed by atoms with E-state index < -0.39 is 17.7 Å². The van der Waals surface area contributed by atoms with Crippen LogP contribution in [0, 0.1) is 17.6 Å². The first kappa shape index (κ1) is 22.3. The molecule has 2 aromatic carbocycles. The van der Waals surface area contributed by atoms with Crippen LogP contribution in [0.1, 0.15) is 31.4 Å². The van der Waals surface area contributed by atoms with Crippen LogP contribution in [-0.4, -0.2) is 35.2 Å². The Kier molecular flexibility index (Phi) is 5.89. The minimum absolute atomic E-state index is 0.0105. The molecule has 0 spiro atoms. The van der Waals surface area contributed by atoms with Crippen LogP contribution in [0.15, 0.2) is 36.4 Å². The van der Waals surface area contributed by atoms with Gasteiger partial charge in [0.15, 0.2) is 6.61 Å². The van der Waals surface area contributed by atoms with Gasteiger partial charge in [0.25, 0.3) is 5.91 Å². The Labute approximate surface area is 188 Å². The lowest BCUT2D eigenvalue weighted by molar-refractivity contribution is -0.181. The van der Waals surface area contributed by atoms with Gasteiger partial charge in [-0.2, -0.15) is 0 Å². The molecule has 0 heterocycles. The molecule has 0 aliphatic heterocycles. The summed E-state index contributed by atoms with van der Waals surface area (Å²) in [5.74, 6) is -1.07. The maximum absolute atomic E-state index is 13.6. The second kappa shape index (κ2) is 8.20. The third-order valence-electron chi connectivity index (χ3n) is 6.54. The second-order valence-electron chi connectivity index (χ2n) is 8.37. The first-order valence-corrected chi connectivity index (χ1v) is 10.7. The number of carbonyl (C=O) groups is 1. The van der Waals surface area contributed by atoms with Gasteiger partial charge in [-0.25, -0.2) is 8.78 Å². The zero-order chi connectivity index (χ0) is 22.4. The van der Waals surface area contributed by atoms with E-state index in [0.717, 1.165) is 18.9 Å². The molecule has 3 N–H and O–H groups in total. The van der Waals surface area contributed by atoms with Crippen LogP contribution in [0.4, 0.5) is 8.78 Å². The number of β-amino-alcohol motifs (C(OH)–C–C–N with tert-alkyl or cyclic N) is 1. The van der Waals surface area contributed by atoms with E-state index in [1.54, 1.807) is 6.07 Å². The Morgan fingerprint density at radius 2 is 1.81 bits per heavy atom. The maximum Gasteiger partial charge on any atom is 0.258 e. The second-order valence-corrected chi connectivity index (χ2v) is 9.18. The van der Waals surface area contributed by atoms with Gasteiger partial charge in [0.1, 0.15) is 17.4 Å². The van der Waals surface area contributed by atoms with Crippen molar-refractivity contribution < 1.29 is 23.4 Å². The minimum Gasteiger partial charge on any atom is -0.484 e. The van der Waals surface area contributed by atoms with Crippen molar-refractivity contribution in [1.82, 2.24) is 10.6 Å². The molecule has 3 aliphatic carbocycles. The molecule has 0 saturated heterocycles. The number of benzene rings is 2. The van der Waals surface area contributed by atoms with Crippen molar-refractivity contribution in [1.29, 1.82) is 0 Å². The quantitative estimate of drug-likeness (QED) is 0.544.